The molecule has 0 spiro atoms. The van der Waals surface area contributed by atoms with Crippen LogP contribution in [0, 0.1) is 6.92 Å². The quantitative estimate of drug-likeness (QED) is 0.883. The predicted molar refractivity (Wildman–Crippen MR) is 73.4 cm³/mol. The molecule has 1 heterocycles. The fourth-order valence-corrected chi connectivity index (χ4v) is 2.57. The number of nitrogens with two attached hydrogens (primary N) is 1. The second-order valence-electron chi connectivity index (χ2n) is 5.14. The number of hydrogen-bond acceptors (Lipinski definition) is 2. The van der Waals surface area contributed by atoms with Crippen LogP contribution in [-0.4, -0.2) is 30.4 Å². The largest absolute Gasteiger partial charge is 0.343 e. The van der Waals surface area contributed by atoms with Gasteiger partial charge in [0.1, 0.15) is 0 Å². The molecule has 0 saturated carbocycles. The minimum atomic E-state index is 0.151. The highest BCUT2D eigenvalue weighted by molar-refractivity contribution is 5.77. The molecule has 1 amide bonds. The van der Waals surface area contributed by atoms with Crippen molar-refractivity contribution in [2.45, 2.75) is 32.1 Å². The Labute approximate surface area is 109 Å². The molecule has 1 aromatic carbocycles. The Bertz CT molecular complexity index is 411. The van der Waals surface area contributed by atoms with Crippen LogP contribution in [0.25, 0.3) is 0 Å². The summed E-state index contributed by atoms with van der Waals surface area (Å²) in [6.45, 7) is 4.44. The smallest absolute Gasteiger partial charge is 0.223 e. The van der Waals surface area contributed by atoms with Gasteiger partial charge in [-0.05, 0) is 31.9 Å². The van der Waals surface area contributed by atoms with Crippen molar-refractivity contribution in [2.75, 3.05) is 19.6 Å². The average molecular weight is 246 g/mol. The molecule has 18 heavy (non-hydrogen) atoms. The lowest BCUT2D eigenvalue weighted by Crippen LogP contribution is -2.30. The van der Waals surface area contributed by atoms with E-state index in [1.165, 1.54) is 11.1 Å². The van der Waals surface area contributed by atoms with Crippen LogP contribution in [0.1, 0.15) is 36.3 Å². The van der Waals surface area contributed by atoms with Crippen LogP contribution in [0.4, 0.5) is 0 Å². The first kappa shape index (κ1) is 13.1. The maximum Gasteiger partial charge on any atom is 0.223 e. The second kappa shape index (κ2) is 6.01. The lowest BCUT2D eigenvalue weighted by molar-refractivity contribution is -0.130. The van der Waals surface area contributed by atoms with Gasteiger partial charge in [0, 0.05) is 25.4 Å². The Kier molecular flexibility index (Phi) is 4.37. The molecule has 0 aliphatic carbocycles. The number of likely N-dealkylation sites (tertiary alicyclic amines) is 1. The van der Waals surface area contributed by atoms with Gasteiger partial charge >= 0.3 is 0 Å². The summed E-state index contributed by atoms with van der Waals surface area (Å²) < 4.78 is 0. The van der Waals surface area contributed by atoms with E-state index in [4.69, 9.17) is 5.73 Å². The number of amides is 1. The van der Waals surface area contributed by atoms with Gasteiger partial charge in [0.25, 0.3) is 0 Å². The highest BCUT2D eigenvalue weighted by Crippen LogP contribution is 2.21. The third-order valence-corrected chi connectivity index (χ3v) is 3.68. The van der Waals surface area contributed by atoms with E-state index in [1.807, 2.05) is 11.0 Å². The predicted octanol–water partition coefficient (Wildman–Crippen LogP) is 2.05. The number of aryl methyl sites for hydroxylation is 1. The van der Waals surface area contributed by atoms with Crippen molar-refractivity contribution in [1.29, 1.82) is 0 Å². The van der Waals surface area contributed by atoms with E-state index in [0.717, 1.165) is 25.9 Å². The van der Waals surface area contributed by atoms with Gasteiger partial charge in [-0.2, -0.15) is 0 Å². The van der Waals surface area contributed by atoms with Crippen molar-refractivity contribution in [1.82, 2.24) is 4.90 Å². The highest BCUT2D eigenvalue weighted by atomic mass is 16.2. The number of benzene rings is 1. The van der Waals surface area contributed by atoms with Crippen LogP contribution in [0.2, 0.25) is 0 Å². The molecule has 2 rings (SSSR count). The molecule has 1 aliphatic rings. The third kappa shape index (κ3) is 3.10. The summed E-state index contributed by atoms with van der Waals surface area (Å²) in [6, 6.07) is 8.31. The van der Waals surface area contributed by atoms with Gasteiger partial charge in [0.2, 0.25) is 5.91 Å². The lowest BCUT2D eigenvalue weighted by Gasteiger charge is -2.20. The molecule has 1 unspecified atom stereocenters. The van der Waals surface area contributed by atoms with Gasteiger partial charge in [0.05, 0.1) is 0 Å². The molecule has 1 aromatic rings. The first-order valence-corrected chi connectivity index (χ1v) is 6.75. The van der Waals surface area contributed by atoms with E-state index >= 15 is 0 Å². The molecule has 0 radical (unpaired) electrons. The summed E-state index contributed by atoms with van der Waals surface area (Å²) in [5.74, 6) is 0.405. The highest BCUT2D eigenvalue weighted by Gasteiger charge is 2.21. The molecular formula is C15H22N2O. The standard InChI is InChI=1S/C15H22N2O/c1-12-5-4-6-13(9-12)14(11-16)10-15(18)17-7-2-3-8-17/h4-6,9,14H,2-3,7-8,10-11,16H2,1H3. The van der Waals surface area contributed by atoms with E-state index in [-0.39, 0.29) is 11.8 Å². The van der Waals surface area contributed by atoms with Crippen molar-refractivity contribution in [2.24, 2.45) is 5.73 Å². The van der Waals surface area contributed by atoms with Crippen LogP contribution >= 0.6 is 0 Å². The first-order chi connectivity index (χ1) is 8.70. The SMILES string of the molecule is Cc1cccc(C(CN)CC(=O)N2CCCC2)c1. The molecule has 1 saturated heterocycles. The van der Waals surface area contributed by atoms with Gasteiger partial charge in [-0.15, -0.1) is 0 Å². The summed E-state index contributed by atoms with van der Waals surface area (Å²) in [6.07, 6.45) is 2.83. The monoisotopic (exact) mass is 246 g/mol. The van der Waals surface area contributed by atoms with Crippen molar-refractivity contribution in [3.05, 3.63) is 35.4 Å². The molecule has 3 nitrogen and oxygen atoms in total. The number of carbonyl (C=O) groups is 1. The number of nitrogens with zero attached hydrogens (tertiary/aromatic N) is 1. The van der Waals surface area contributed by atoms with Crippen LogP contribution in [0.3, 0.4) is 0 Å². The molecule has 0 bridgehead atoms. The van der Waals surface area contributed by atoms with Crippen LogP contribution in [0.15, 0.2) is 24.3 Å². The number of hydrogen-bond donors (Lipinski definition) is 1. The maximum absolute atomic E-state index is 12.1. The molecular weight excluding hydrogens is 224 g/mol. The molecule has 1 atom stereocenters. The van der Waals surface area contributed by atoms with Crippen LogP contribution < -0.4 is 5.73 Å². The van der Waals surface area contributed by atoms with E-state index in [1.54, 1.807) is 0 Å². The number of rotatable bonds is 4. The summed E-state index contributed by atoms with van der Waals surface area (Å²) in [4.78, 5) is 14.1. The van der Waals surface area contributed by atoms with Crippen molar-refractivity contribution >= 4 is 5.91 Å². The van der Waals surface area contributed by atoms with Crippen molar-refractivity contribution < 1.29 is 4.79 Å². The normalized spacial score (nSPS) is 16.9. The van der Waals surface area contributed by atoms with E-state index in [2.05, 4.69) is 25.1 Å². The summed E-state index contributed by atoms with van der Waals surface area (Å²) in [5.41, 5.74) is 8.24. The summed E-state index contributed by atoms with van der Waals surface area (Å²) in [5, 5.41) is 0. The van der Waals surface area contributed by atoms with Gasteiger partial charge in [-0.1, -0.05) is 29.8 Å². The zero-order valence-electron chi connectivity index (χ0n) is 11.1. The zero-order valence-corrected chi connectivity index (χ0v) is 11.1. The Hall–Kier alpha value is -1.35. The molecule has 2 N–H and O–H groups in total. The maximum atomic E-state index is 12.1. The van der Waals surface area contributed by atoms with Gasteiger partial charge < -0.3 is 10.6 Å². The van der Waals surface area contributed by atoms with Gasteiger partial charge in [-0.3, -0.25) is 4.79 Å². The lowest BCUT2D eigenvalue weighted by atomic mass is 9.94. The molecule has 98 valence electrons. The molecule has 1 fully saturated rings. The fourth-order valence-electron chi connectivity index (χ4n) is 2.57. The van der Waals surface area contributed by atoms with Crippen molar-refractivity contribution in [3.8, 4) is 0 Å². The minimum absolute atomic E-state index is 0.151. The van der Waals surface area contributed by atoms with Crippen LogP contribution in [-0.2, 0) is 4.79 Å². The Morgan fingerprint density at radius 1 is 1.39 bits per heavy atom. The topological polar surface area (TPSA) is 46.3 Å². The molecule has 3 heteroatoms. The molecule has 0 aromatic heterocycles. The Morgan fingerprint density at radius 2 is 2.11 bits per heavy atom. The van der Waals surface area contributed by atoms with E-state index in [0.29, 0.717) is 13.0 Å². The van der Waals surface area contributed by atoms with Gasteiger partial charge in [-0.25, -0.2) is 0 Å². The summed E-state index contributed by atoms with van der Waals surface area (Å²) >= 11 is 0. The Balaban J connectivity index is 2.02. The van der Waals surface area contributed by atoms with Gasteiger partial charge in [0.15, 0.2) is 0 Å². The zero-order chi connectivity index (χ0) is 13.0. The first-order valence-electron chi connectivity index (χ1n) is 6.75. The molecule has 1 aliphatic heterocycles. The minimum Gasteiger partial charge on any atom is -0.343 e. The number of carbonyl (C=O) groups excluding carboxylic acids is 1. The Morgan fingerprint density at radius 3 is 2.72 bits per heavy atom. The third-order valence-electron chi connectivity index (χ3n) is 3.68. The van der Waals surface area contributed by atoms with E-state index < -0.39 is 0 Å². The second-order valence-corrected chi connectivity index (χ2v) is 5.14. The van der Waals surface area contributed by atoms with Crippen LogP contribution in [0.5, 0.6) is 0 Å². The van der Waals surface area contributed by atoms with E-state index in [9.17, 15) is 4.79 Å². The fraction of sp³-hybridized carbons (Fsp3) is 0.533. The summed E-state index contributed by atoms with van der Waals surface area (Å²) in [7, 11) is 0. The average Bonchev–Trinajstić information content (AvgIpc) is 2.89. The van der Waals surface area contributed by atoms with Crippen molar-refractivity contribution in [3.63, 3.8) is 0 Å².